The number of pyridine rings is 1. The number of amides is 3. The molecule has 1 aromatic rings. The molecular formula is C15H24N4O4S2. The van der Waals surface area contributed by atoms with E-state index in [4.69, 9.17) is 0 Å². The molecule has 0 unspecified atom stereocenters. The van der Waals surface area contributed by atoms with Crippen LogP contribution in [0.5, 0.6) is 0 Å². The van der Waals surface area contributed by atoms with Crippen molar-refractivity contribution < 1.29 is 18.0 Å². The SMILES string of the molecule is C[C@@H](Sc1ccc(S(=O)(=O)N(C)C)cn1)C(=O)NC(=O)NC(C)(C)C. The van der Waals surface area contributed by atoms with Crippen molar-refractivity contribution in [3.8, 4) is 0 Å². The third-order valence-electron chi connectivity index (χ3n) is 2.88. The Morgan fingerprint density at radius 1 is 1.24 bits per heavy atom. The minimum Gasteiger partial charge on any atom is -0.333 e. The lowest BCUT2D eigenvalue weighted by molar-refractivity contribution is -0.119. The quantitative estimate of drug-likeness (QED) is 0.739. The van der Waals surface area contributed by atoms with Crippen LogP contribution in [0.1, 0.15) is 27.7 Å². The van der Waals surface area contributed by atoms with Gasteiger partial charge in [-0.2, -0.15) is 0 Å². The molecule has 0 aromatic carbocycles. The van der Waals surface area contributed by atoms with Gasteiger partial charge >= 0.3 is 6.03 Å². The highest BCUT2D eigenvalue weighted by molar-refractivity contribution is 8.00. The van der Waals surface area contributed by atoms with Crippen molar-refractivity contribution in [1.29, 1.82) is 0 Å². The van der Waals surface area contributed by atoms with Crippen molar-refractivity contribution in [2.24, 2.45) is 0 Å². The van der Waals surface area contributed by atoms with E-state index in [-0.39, 0.29) is 4.90 Å². The lowest BCUT2D eigenvalue weighted by Crippen LogP contribution is -2.49. The number of carbonyl (C=O) groups is 2. The second kappa shape index (κ2) is 8.15. The molecule has 0 aliphatic heterocycles. The average Bonchev–Trinajstić information content (AvgIpc) is 2.45. The number of carbonyl (C=O) groups excluding carboxylic acids is 2. The van der Waals surface area contributed by atoms with Gasteiger partial charge in [0, 0.05) is 25.8 Å². The van der Waals surface area contributed by atoms with Crippen LogP contribution in [-0.2, 0) is 14.8 Å². The van der Waals surface area contributed by atoms with Crippen LogP contribution in [0.15, 0.2) is 28.3 Å². The second-order valence-corrected chi connectivity index (χ2v) is 10.1. The van der Waals surface area contributed by atoms with Crippen LogP contribution in [0, 0.1) is 0 Å². The summed E-state index contributed by atoms with van der Waals surface area (Å²) in [5, 5.41) is 4.81. The fourth-order valence-electron chi connectivity index (χ4n) is 1.62. The number of rotatable bonds is 5. The molecule has 0 fully saturated rings. The van der Waals surface area contributed by atoms with Crippen LogP contribution in [0.4, 0.5) is 4.79 Å². The van der Waals surface area contributed by atoms with Crippen LogP contribution < -0.4 is 10.6 Å². The van der Waals surface area contributed by atoms with Gasteiger partial charge in [0.1, 0.15) is 4.90 Å². The summed E-state index contributed by atoms with van der Waals surface area (Å²) in [5.41, 5.74) is -0.448. The fourth-order valence-corrected chi connectivity index (χ4v) is 3.26. The molecule has 0 spiro atoms. The molecule has 1 rings (SSSR count). The summed E-state index contributed by atoms with van der Waals surface area (Å²) in [6.45, 7) is 7.06. The highest BCUT2D eigenvalue weighted by Crippen LogP contribution is 2.22. The molecule has 25 heavy (non-hydrogen) atoms. The smallest absolute Gasteiger partial charge is 0.321 e. The molecule has 1 heterocycles. The lowest BCUT2D eigenvalue weighted by atomic mass is 10.1. The van der Waals surface area contributed by atoms with Gasteiger partial charge in [-0.3, -0.25) is 10.1 Å². The largest absolute Gasteiger partial charge is 0.333 e. The van der Waals surface area contributed by atoms with Crippen molar-refractivity contribution >= 4 is 33.7 Å². The minimum absolute atomic E-state index is 0.0727. The predicted octanol–water partition coefficient (Wildman–Crippen LogP) is 1.44. The number of hydrogen-bond donors (Lipinski definition) is 2. The summed E-state index contributed by atoms with van der Waals surface area (Å²) >= 11 is 1.13. The number of hydrogen-bond acceptors (Lipinski definition) is 6. The van der Waals surface area contributed by atoms with Gasteiger partial charge < -0.3 is 5.32 Å². The van der Waals surface area contributed by atoms with E-state index in [0.29, 0.717) is 5.03 Å². The Balaban J connectivity index is 2.70. The molecule has 0 radical (unpaired) electrons. The zero-order valence-electron chi connectivity index (χ0n) is 15.2. The number of sulfonamides is 1. The monoisotopic (exact) mass is 388 g/mol. The summed E-state index contributed by atoms with van der Waals surface area (Å²) in [4.78, 5) is 27.9. The van der Waals surface area contributed by atoms with E-state index in [0.717, 1.165) is 16.1 Å². The number of nitrogens with zero attached hydrogens (tertiary/aromatic N) is 2. The Morgan fingerprint density at radius 3 is 2.28 bits per heavy atom. The third-order valence-corrected chi connectivity index (χ3v) is 5.73. The molecule has 0 saturated carbocycles. The Kier molecular flexibility index (Phi) is 6.98. The second-order valence-electron chi connectivity index (χ2n) is 6.57. The van der Waals surface area contributed by atoms with Gasteiger partial charge in [-0.1, -0.05) is 11.8 Å². The summed E-state index contributed by atoms with van der Waals surface area (Å²) in [6.07, 6.45) is 1.24. The van der Waals surface area contributed by atoms with E-state index < -0.39 is 32.8 Å². The van der Waals surface area contributed by atoms with E-state index in [2.05, 4.69) is 15.6 Å². The van der Waals surface area contributed by atoms with Gasteiger partial charge in [-0.25, -0.2) is 22.5 Å². The van der Waals surface area contributed by atoms with Gasteiger partial charge in [0.15, 0.2) is 0 Å². The van der Waals surface area contributed by atoms with Gasteiger partial charge in [0.25, 0.3) is 0 Å². The van der Waals surface area contributed by atoms with Crippen LogP contribution in [-0.4, -0.2) is 54.5 Å². The molecule has 8 nitrogen and oxygen atoms in total. The minimum atomic E-state index is -3.54. The van der Waals surface area contributed by atoms with E-state index in [1.54, 1.807) is 6.92 Å². The zero-order valence-corrected chi connectivity index (χ0v) is 16.8. The molecule has 140 valence electrons. The van der Waals surface area contributed by atoms with E-state index in [9.17, 15) is 18.0 Å². The van der Waals surface area contributed by atoms with Crippen LogP contribution in [0.2, 0.25) is 0 Å². The number of thioether (sulfide) groups is 1. The molecule has 0 aliphatic carbocycles. The summed E-state index contributed by atoms with van der Waals surface area (Å²) in [6, 6.07) is 2.40. The Morgan fingerprint density at radius 2 is 1.84 bits per heavy atom. The molecule has 3 amide bonds. The molecule has 10 heteroatoms. The van der Waals surface area contributed by atoms with Crippen molar-refractivity contribution in [2.75, 3.05) is 14.1 Å². The zero-order chi connectivity index (χ0) is 19.4. The summed E-state index contributed by atoms with van der Waals surface area (Å²) in [7, 11) is -0.667. The van der Waals surface area contributed by atoms with E-state index in [1.807, 2.05) is 20.8 Å². The molecule has 2 N–H and O–H groups in total. The van der Waals surface area contributed by atoms with Gasteiger partial charge in [0.2, 0.25) is 15.9 Å². The number of nitrogens with one attached hydrogen (secondary N) is 2. The predicted molar refractivity (Wildman–Crippen MR) is 96.9 cm³/mol. The first-order valence-electron chi connectivity index (χ1n) is 7.51. The number of aromatic nitrogens is 1. The Labute approximate surface area is 152 Å². The first kappa shape index (κ1) is 21.4. The van der Waals surface area contributed by atoms with Gasteiger partial charge in [-0.15, -0.1) is 0 Å². The van der Waals surface area contributed by atoms with Crippen molar-refractivity contribution in [3.05, 3.63) is 18.3 Å². The molecular weight excluding hydrogens is 364 g/mol. The maximum atomic E-state index is 12.0. The van der Waals surface area contributed by atoms with Crippen molar-refractivity contribution in [2.45, 2.75) is 48.4 Å². The van der Waals surface area contributed by atoms with E-state index in [1.165, 1.54) is 32.4 Å². The number of urea groups is 1. The third kappa shape index (κ3) is 6.63. The first-order valence-corrected chi connectivity index (χ1v) is 9.83. The molecule has 0 bridgehead atoms. The van der Waals surface area contributed by atoms with Crippen LogP contribution in [0.3, 0.4) is 0 Å². The first-order chi connectivity index (χ1) is 11.3. The van der Waals surface area contributed by atoms with Gasteiger partial charge in [-0.05, 0) is 39.8 Å². The van der Waals surface area contributed by atoms with Crippen molar-refractivity contribution in [3.63, 3.8) is 0 Å². The molecule has 0 aliphatic rings. The highest BCUT2D eigenvalue weighted by Gasteiger charge is 2.21. The lowest BCUT2D eigenvalue weighted by Gasteiger charge is -2.21. The standard InChI is InChI=1S/C15H24N4O4S2/c1-10(13(20)17-14(21)18-15(2,3)4)24-12-8-7-11(9-16-12)25(22,23)19(5)6/h7-10H,1-6H3,(H2,17,18,20,21)/t10-/m1/s1. The number of imide groups is 1. The molecule has 1 atom stereocenters. The maximum Gasteiger partial charge on any atom is 0.321 e. The normalized spacial score (nSPS) is 13.4. The maximum absolute atomic E-state index is 12.0. The molecule has 0 saturated heterocycles. The highest BCUT2D eigenvalue weighted by atomic mass is 32.2. The van der Waals surface area contributed by atoms with Crippen LogP contribution >= 0.6 is 11.8 Å². The van der Waals surface area contributed by atoms with Crippen molar-refractivity contribution in [1.82, 2.24) is 19.9 Å². The van der Waals surface area contributed by atoms with Gasteiger partial charge in [0.05, 0.1) is 10.3 Å². The molecule has 1 aromatic heterocycles. The van der Waals surface area contributed by atoms with E-state index >= 15 is 0 Å². The summed E-state index contributed by atoms with van der Waals surface area (Å²) in [5.74, 6) is -0.460. The Bertz CT molecular complexity index is 725. The Hall–Kier alpha value is -1.65. The topological polar surface area (TPSA) is 108 Å². The fraction of sp³-hybridized carbons (Fsp3) is 0.533. The van der Waals surface area contributed by atoms with Crippen LogP contribution in [0.25, 0.3) is 0 Å². The summed E-state index contributed by atoms with van der Waals surface area (Å²) < 4.78 is 25.1. The average molecular weight is 389 g/mol.